The summed E-state index contributed by atoms with van der Waals surface area (Å²) in [5.74, 6) is 0.730. The predicted molar refractivity (Wildman–Crippen MR) is 69.3 cm³/mol. The number of halogens is 1. The number of aromatic nitrogens is 1. The van der Waals surface area contributed by atoms with Gasteiger partial charge >= 0.3 is 0 Å². The van der Waals surface area contributed by atoms with Crippen LogP contribution in [0.25, 0.3) is 0 Å². The van der Waals surface area contributed by atoms with Crippen LogP contribution in [0.3, 0.4) is 0 Å². The van der Waals surface area contributed by atoms with Gasteiger partial charge < -0.3 is 10.5 Å². The predicted octanol–water partition coefficient (Wildman–Crippen LogP) is 2.94. The maximum Gasteiger partial charge on any atom is 0.120 e. The quantitative estimate of drug-likeness (QED) is 0.847. The van der Waals surface area contributed by atoms with Crippen LogP contribution in [0, 0.1) is 0 Å². The summed E-state index contributed by atoms with van der Waals surface area (Å²) in [4.78, 5) is 4.04. The molecule has 0 saturated heterocycles. The van der Waals surface area contributed by atoms with Crippen LogP contribution in [0.1, 0.15) is 5.56 Å². The minimum absolute atomic E-state index is 0.517. The molecule has 88 valence electrons. The number of nitrogen functional groups attached to an aromatic ring is 1. The summed E-state index contributed by atoms with van der Waals surface area (Å²) in [5, 5.41) is 0.517. The Morgan fingerprint density at radius 1 is 1.29 bits per heavy atom. The molecule has 2 rings (SSSR count). The molecule has 0 bridgehead atoms. The molecule has 17 heavy (non-hydrogen) atoms. The van der Waals surface area contributed by atoms with Crippen molar-refractivity contribution in [2.45, 2.75) is 6.42 Å². The molecule has 0 fully saturated rings. The first-order chi connectivity index (χ1) is 8.25. The lowest BCUT2D eigenvalue weighted by atomic mass is 10.2. The molecular formula is C13H13ClN2O. The number of nitrogens with zero attached hydrogens (tertiary/aromatic N) is 1. The van der Waals surface area contributed by atoms with Crippen LogP contribution in [0.4, 0.5) is 5.69 Å². The second-order valence-electron chi connectivity index (χ2n) is 3.64. The van der Waals surface area contributed by atoms with Crippen molar-refractivity contribution in [1.29, 1.82) is 0 Å². The van der Waals surface area contributed by atoms with Crippen LogP contribution in [-0.2, 0) is 6.42 Å². The number of pyridine rings is 1. The molecule has 0 aliphatic carbocycles. The van der Waals surface area contributed by atoms with Crippen LogP contribution in [0.5, 0.6) is 5.75 Å². The van der Waals surface area contributed by atoms with E-state index in [4.69, 9.17) is 22.1 Å². The normalized spacial score (nSPS) is 10.2. The molecule has 0 saturated carbocycles. The summed E-state index contributed by atoms with van der Waals surface area (Å²) in [7, 11) is 0. The molecule has 0 aliphatic heterocycles. The van der Waals surface area contributed by atoms with E-state index < -0.39 is 0 Å². The van der Waals surface area contributed by atoms with E-state index in [0.717, 1.165) is 17.7 Å². The second kappa shape index (κ2) is 5.55. The summed E-state index contributed by atoms with van der Waals surface area (Å²) in [6.45, 7) is 0.589. The number of hydrogen-bond acceptors (Lipinski definition) is 3. The van der Waals surface area contributed by atoms with Crippen molar-refractivity contribution in [3.8, 4) is 5.75 Å². The fourth-order valence-corrected chi connectivity index (χ4v) is 1.60. The average molecular weight is 249 g/mol. The van der Waals surface area contributed by atoms with Crippen molar-refractivity contribution < 1.29 is 4.74 Å². The molecule has 0 amide bonds. The molecule has 2 aromatic rings. The first-order valence-corrected chi connectivity index (χ1v) is 5.70. The molecule has 3 nitrogen and oxygen atoms in total. The molecule has 1 aromatic carbocycles. The summed E-state index contributed by atoms with van der Waals surface area (Å²) in [6, 6.07) is 9.20. The van der Waals surface area contributed by atoms with Crippen LogP contribution < -0.4 is 10.5 Å². The molecular weight excluding hydrogens is 236 g/mol. The van der Waals surface area contributed by atoms with Gasteiger partial charge in [-0.05, 0) is 23.8 Å². The Labute approximate surface area is 105 Å². The zero-order chi connectivity index (χ0) is 12.1. The van der Waals surface area contributed by atoms with Gasteiger partial charge in [0, 0.05) is 24.9 Å². The Morgan fingerprint density at radius 2 is 2.18 bits per heavy atom. The Bertz CT molecular complexity index is 488. The van der Waals surface area contributed by atoms with E-state index in [2.05, 4.69) is 4.98 Å². The van der Waals surface area contributed by atoms with Gasteiger partial charge in [-0.25, -0.2) is 0 Å². The van der Waals surface area contributed by atoms with Crippen LogP contribution in [-0.4, -0.2) is 11.6 Å². The largest absolute Gasteiger partial charge is 0.493 e. The maximum atomic E-state index is 5.89. The van der Waals surface area contributed by atoms with E-state index >= 15 is 0 Å². The SMILES string of the molecule is Nc1ccc(OCCc2cccnc2)cc1Cl. The van der Waals surface area contributed by atoms with E-state index in [0.29, 0.717) is 17.3 Å². The molecule has 0 unspecified atom stereocenters. The molecule has 0 spiro atoms. The third kappa shape index (κ3) is 3.36. The fourth-order valence-electron chi connectivity index (χ4n) is 1.43. The van der Waals surface area contributed by atoms with Gasteiger partial charge in [0.25, 0.3) is 0 Å². The van der Waals surface area contributed by atoms with E-state index in [1.54, 1.807) is 18.3 Å². The van der Waals surface area contributed by atoms with E-state index in [-0.39, 0.29) is 0 Å². The third-order valence-corrected chi connectivity index (χ3v) is 2.68. The lowest BCUT2D eigenvalue weighted by Gasteiger charge is -2.07. The highest BCUT2D eigenvalue weighted by atomic mass is 35.5. The number of rotatable bonds is 4. The summed E-state index contributed by atoms with van der Waals surface area (Å²) in [6.07, 6.45) is 4.40. The van der Waals surface area contributed by atoms with Crippen molar-refractivity contribution in [2.24, 2.45) is 0 Å². The number of anilines is 1. The fraction of sp³-hybridized carbons (Fsp3) is 0.154. The Morgan fingerprint density at radius 3 is 2.88 bits per heavy atom. The van der Waals surface area contributed by atoms with Gasteiger partial charge in [-0.15, -0.1) is 0 Å². The monoisotopic (exact) mass is 248 g/mol. The Balaban J connectivity index is 1.88. The third-order valence-electron chi connectivity index (χ3n) is 2.35. The smallest absolute Gasteiger partial charge is 0.120 e. The van der Waals surface area contributed by atoms with E-state index in [1.807, 2.05) is 24.4 Å². The van der Waals surface area contributed by atoms with Crippen LogP contribution >= 0.6 is 11.6 Å². The van der Waals surface area contributed by atoms with E-state index in [1.165, 1.54) is 0 Å². The molecule has 1 heterocycles. The summed E-state index contributed by atoms with van der Waals surface area (Å²) >= 11 is 5.89. The molecule has 0 aliphatic rings. The molecule has 0 radical (unpaired) electrons. The van der Waals surface area contributed by atoms with Gasteiger partial charge in [0.15, 0.2) is 0 Å². The number of ether oxygens (including phenoxy) is 1. The molecule has 2 N–H and O–H groups in total. The van der Waals surface area contributed by atoms with E-state index in [9.17, 15) is 0 Å². The van der Waals surface area contributed by atoms with Gasteiger partial charge in [0.05, 0.1) is 17.3 Å². The Hall–Kier alpha value is -1.74. The topological polar surface area (TPSA) is 48.1 Å². The maximum absolute atomic E-state index is 5.89. The van der Waals surface area contributed by atoms with Gasteiger partial charge in [0.1, 0.15) is 5.75 Å². The molecule has 0 atom stereocenters. The molecule has 1 aromatic heterocycles. The van der Waals surface area contributed by atoms with Crippen molar-refractivity contribution in [1.82, 2.24) is 4.98 Å². The minimum Gasteiger partial charge on any atom is -0.493 e. The highest BCUT2D eigenvalue weighted by Gasteiger charge is 1.99. The second-order valence-corrected chi connectivity index (χ2v) is 4.05. The van der Waals surface area contributed by atoms with Crippen molar-refractivity contribution in [3.05, 3.63) is 53.3 Å². The zero-order valence-electron chi connectivity index (χ0n) is 9.27. The lowest BCUT2D eigenvalue weighted by Crippen LogP contribution is -2.01. The standard InChI is InChI=1S/C13H13ClN2O/c14-12-8-11(3-4-13(12)15)17-7-5-10-2-1-6-16-9-10/h1-4,6,8-9H,5,7,15H2. The highest BCUT2D eigenvalue weighted by Crippen LogP contribution is 2.24. The van der Waals surface area contributed by atoms with Crippen LogP contribution in [0.15, 0.2) is 42.7 Å². The lowest BCUT2D eigenvalue weighted by molar-refractivity contribution is 0.322. The van der Waals surface area contributed by atoms with Gasteiger partial charge in [-0.3, -0.25) is 4.98 Å². The molecule has 4 heteroatoms. The first kappa shape index (κ1) is 11.7. The summed E-state index contributed by atoms with van der Waals surface area (Å²) < 4.78 is 5.58. The zero-order valence-corrected chi connectivity index (χ0v) is 10.0. The number of benzene rings is 1. The highest BCUT2D eigenvalue weighted by molar-refractivity contribution is 6.33. The minimum atomic E-state index is 0.517. The van der Waals surface area contributed by atoms with Gasteiger partial charge in [-0.1, -0.05) is 17.7 Å². The van der Waals surface area contributed by atoms with Crippen molar-refractivity contribution in [2.75, 3.05) is 12.3 Å². The van der Waals surface area contributed by atoms with Crippen molar-refractivity contribution in [3.63, 3.8) is 0 Å². The first-order valence-electron chi connectivity index (χ1n) is 5.32. The average Bonchev–Trinajstić information content (AvgIpc) is 2.35. The van der Waals surface area contributed by atoms with Crippen LogP contribution in [0.2, 0.25) is 5.02 Å². The Kier molecular flexibility index (Phi) is 3.83. The van der Waals surface area contributed by atoms with Gasteiger partial charge in [0.2, 0.25) is 0 Å². The number of hydrogen-bond donors (Lipinski definition) is 1. The number of nitrogens with two attached hydrogens (primary N) is 1. The van der Waals surface area contributed by atoms with Gasteiger partial charge in [-0.2, -0.15) is 0 Å². The van der Waals surface area contributed by atoms with Crippen molar-refractivity contribution >= 4 is 17.3 Å². The summed E-state index contributed by atoms with van der Waals surface area (Å²) in [5.41, 5.74) is 7.32.